The summed E-state index contributed by atoms with van der Waals surface area (Å²) in [6, 6.07) is 13.2. The minimum Gasteiger partial charge on any atom is -0.330 e. The zero-order chi connectivity index (χ0) is 21.1. The minimum atomic E-state index is 0.0316. The van der Waals surface area contributed by atoms with E-state index in [-0.39, 0.29) is 5.91 Å². The summed E-state index contributed by atoms with van der Waals surface area (Å²) in [7, 11) is 0. The van der Waals surface area contributed by atoms with E-state index >= 15 is 0 Å². The van der Waals surface area contributed by atoms with Crippen LogP contribution in [-0.2, 0) is 17.9 Å². The minimum absolute atomic E-state index is 0.0316. The van der Waals surface area contributed by atoms with Gasteiger partial charge in [-0.2, -0.15) is 0 Å². The molecule has 1 atom stereocenters. The Balaban J connectivity index is 1.36. The molecular weight excluding hydrogens is 372 g/mol. The highest BCUT2D eigenvalue weighted by atomic mass is 16.1. The summed E-state index contributed by atoms with van der Waals surface area (Å²) in [6.45, 7) is 9.25. The Labute approximate surface area is 179 Å². The molecule has 1 fully saturated rings. The van der Waals surface area contributed by atoms with Gasteiger partial charge in [0.05, 0.1) is 17.4 Å². The zero-order valence-corrected chi connectivity index (χ0v) is 18.3. The number of anilines is 1. The number of piperidine rings is 1. The van der Waals surface area contributed by atoms with Gasteiger partial charge in [-0.1, -0.05) is 18.6 Å². The van der Waals surface area contributed by atoms with E-state index < -0.39 is 0 Å². The van der Waals surface area contributed by atoms with Gasteiger partial charge in [0, 0.05) is 31.2 Å². The Kier molecular flexibility index (Phi) is 6.18. The SMILES string of the molecule is Cc1cc2ncn(CCC(=O)Nc3cccc(CN4CCCC[C@@H]4C)c3)c2cc1C. The first kappa shape index (κ1) is 20.6. The Morgan fingerprint density at radius 1 is 1.17 bits per heavy atom. The topological polar surface area (TPSA) is 50.2 Å². The fraction of sp³-hybridized carbons (Fsp3) is 0.440. The van der Waals surface area contributed by atoms with Gasteiger partial charge in [-0.3, -0.25) is 9.69 Å². The average Bonchev–Trinajstić information content (AvgIpc) is 3.10. The number of benzene rings is 2. The summed E-state index contributed by atoms with van der Waals surface area (Å²) in [5.41, 5.74) is 6.69. The molecule has 0 radical (unpaired) electrons. The van der Waals surface area contributed by atoms with Crippen LogP contribution in [0.25, 0.3) is 11.0 Å². The molecule has 0 unspecified atom stereocenters. The van der Waals surface area contributed by atoms with Gasteiger partial charge in [0.2, 0.25) is 5.91 Å². The Morgan fingerprint density at radius 3 is 2.83 bits per heavy atom. The lowest BCUT2D eigenvalue weighted by Gasteiger charge is -2.33. The van der Waals surface area contributed by atoms with Crippen molar-refractivity contribution in [2.45, 2.75) is 65.6 Å². The molecule has 1 aromatic heterocycles. The highest BCUT2D eigenvalue weighted by Gasteiger charge is 2.18. The molecule has 2 heterocycles. The third kappa shape index (κ3) is 4.73. The van der Waals surface area contributed by atoms with Crippen LogP contribution >= 0.6 is 0 Å². The molecule has 5 heteroatoms. The van der Waals surface area contributed by atoms with Crippen molar-refractivity contribution in [1.82, 2.24) is 14.5 Å². The van der Waals surface area contributed by atoms with E-state index in [4.69, 9.17) is 0 Å². The number of amides is 1. The lowest BCUT2D eigenvalue weighted by Crippen LogP contribution is -2.36. The Morgan fingerprint density at radius 2 is 2.00 bits per heavy atom. The number of hydrogen-bond acceptors (Lipinski definition) is 3. The van der Waals surface area contributed by atoms with Crippen molar-refractivity contribution >= 4 is 22.6 Å². The van der Waals surface area contributed by atoms with Gasteiger partial charge < -0.3 is 9.88 Å². The van der Waals surface area contributed by atoms with E-state index in [1.54, 1.807) is 0 Å². The van der Waals surface area contributed by atoms with E-state index in [1.165, 1.54) is 36.0 Å². The van der Waals surface area contributed by atoms with Gasteiger partial charge >= 0.3 is 0 Å². The second-order valence-electron chi connectivity index (χ2n) is 8.68. The number of aromatic nitrogens is 2. The van der Waals surface area contributed by atoms with Crippen LogP contribution in [0.3, 0.4) is 0 Å². The third-order valence-corrected chi connectivity index (χ3v) is 6.35. The average molecular weight is 405 g/mol. The number of aryl methyl sites for hydroxylation is 3. The molecule has 30 heavy (non-hydrogen) atoms. The molecule has 0 spiro atoms. The highest BCUT2D eigenvalue weighted by molar-refractivity contribution is 5.90. The van der Waals surface area contributed by atoms with Crippen LogP contribution in [0.1, 0.15) is 49.3 Å². The molecule has 0 aliphatic carbocycles. The van der Waals surface area contributed by atoms with Crippen molar-refractivity contribution in [2.75, 3.05) is 11.9 Å². The first-order chi connectivity index (χ1) is 14.5. The molecule has 158 valence electrons. The van der Waals surface area contributed by atoms with E-state index in [1.807, 2.05) is 18.5 Å². The van der Waals surface area contributed by atoms with Crippen LogP contribution in [0.15, 0.2) is 42.7 Å². The number of carbonyl (C=O) groups is 1. The molecule has 1 aliphatic rings. The quantitative estimate of drug-likeness (QED) is 0.625. The van der Waals surface area contributed by atoms with Crippen LogP contribution in [0, 0.1) is 13.8 Å². The third-order valence-electron chi connectivity index (χ3n) is 6.35. The van der Waals surface area contributed by atoms with Gasteiger partial charge in [0.15, 0.2) is 0 Å². The van der Waals surface area contributed by atoms with Gasteiger partial charge in [-0.15, -0.1) is 0 Å². The molecule has 1 N–H and O–H groups in total. The summed E-state index contributed by atoms with van der Waals surface area (Å²) in [6.07, 6.45) is 6.14. The lowest BCUT2D eigenvalue weighted by atomic mass is 10.0. The molecule has 0 saturated carbocycles. The number of nitrogens with one attached hydrogen (secondary N) is 1. The normalized spacial score (nSPS) is 17.4. The molecule has 2 aromatic carbocycles. The summed E-state index contributed by atoms with van der Waals surface area (Å²) in [5, 5.41) is 3.07. The number of likely N-dealkylation sites (tertiary alicyclic amines) is 1. The molecule has 1 aliphatic heterocycles. The van der Waals surface area contributed by atoms with Crippen LogP contribution in [0.5, 0.6) is 0 Å². The largest absolute Gasteiger partial charge is 0.330 e. The Hall–Kier alpha value is -2.66. The van der Waals surface area contributed by atoms with Gasteiger partial charge in [-0.05, 0) is 81.1 Å². The number of carbonyl (C=O) groups excluding carboxylic acids is 1. The maximum absolute atomic E-state index is 12.6. The highest BCUT2D eigenvalue weighted by Crippen LogP contribution is 2.21. The van der Waals surface area contributed by atoms with Crippen molar-refractivity contribution in [1.29, 1.82) is 0 Å². The van der Waals surface area contributed by atoms with Crippen molar-refractivity contribution in [3.05, 3.63) is 59.4 Å². The number of nitrogens with zero attached hydrogens (tertiary/aromatic N) is 3. The van der Waals surface area contributed by atoms with Crippen molar-refractivity contribution in [2.24, 2.45) is 0 Å². The summed E-state index contributed by atoms with van der Waals surface area (Å²) < 4.78 is 2.07. The Bertz CT molecular complexity index is 1040. The summed E-state index contributed by atoms with van der Waals surface area (Å²) in [4.78, 5) is 19.6. The van der Waals surface area contributed by atoms with Crippen LogP contribution in [0.4, 0.5) is 5.69 Å². The molecular formula is C25H32N4O. The fourth-order valence-corrected chi connectivity index (χ4v) is 4.31. The van der Waals surface area contributed by atoms with Crippen LogP contribution < -0.4 is 5.32 Å². The maximum atomic E-state index is 12.6. The molecule has 1 saturated heterocycles. The fourth-order valence-electron chi connectivity index (χ4n) is 4.31. The summed E-state index contributed by atoms with van der Waals surface area (Å²) in [5.74, 6) is 0.0316. The standard InChI is InChI=1S/C25H32N4O/c1-18-13-23-24(14-19(18)2)29(17-26-23)12-10-25(30)27-22-9-6-8-21(15-22)16-28-11-5-4-7-20(28)3/h6,8-9,13-15,17,20H,4-5,7,10-12,16H2,1-3H3,(H,27,30)/t20-/m0/s1. The lowest BCUT2D eigenvalue weighted by molar-refractivity contribution is -0.116. The maximum Gasteiger partial charge on any atom is 0.226 e. The monoisotopic (exact) mass is 404 g/mol. The molecule has 0 bridgehead atoms. The molecule has 4 rings (SSSR count). The predicted octanol–water partition coefficient (Wildman–Crippen LogP) is 5.06. The van der Waals surface area contributed by atoms with Crippen molar-refractivity contribution in [3.8, 4) is 0 Å². The second kappa shape index (κ2) is 9.00. The first-order valence-corrected chi connectivity index (χ1v) is 11.0. The van der Waals surface area contributed by atoms with E-state index in [0.29, 0.717) is 19.0 Å². The summed E-state index contributed by atoms with van der Waals surface area (Å²) >= 11 is 0. The second-order valence-corrected chi connectivity index (χ2v) is 8.68. The van der Waals surface area contributed by atoms with E-state index in [9.17, 15) is 4.79 Å². The van der Waals surface area contributed by atoms with Crippen molar-refractivity contribution in [3.63, 3.8) is 0 Å². The zero-order valence-electron chi connectivity index (χ0n) is 18.3. The van der Waals surface area contributed by atoms with Crippen LogP contribution in [-0.4, -0.2) is 32.9 Å². The molecule has 5 nitrogen and oxygen atoms in total. The van der Waals surface area contributed by atoms with Crippen LogP contribution in [0.2, 0.25) is 0 Å². The van der Waals surface area contributed by atoms with Crippen molar-refractivity contribution < 1.29 is 4.79 Å². The number of hydrogen-bond donors (Lipinski definition) is 1. The van der Waals surface area contributed by atoms with Gasteiger partial charge in [0.1, 0.15) is 0 Å². The molecule has 3 aromatic rings. The van der Waals surface area contributed by atoms with Gasteiger partial charge in [0.25, 0.3) is 0 Å². The number of rotatable bonds is 6. The van der Waals surface area contributed by atoms with E-state index in [2.05, 4.69) is 64.8 Å². The number of imidazole rings is 1. The van der Waals surface area contributed by atoms with Gasteiger partial charge in [-0.25, -0.2) is 4.98 Å². The smallest absolute Gasteiger partial charge is 0.226 e. The first-order valence-electron chi connectivity index (χ1n) is 11.0. The number of fused-ring (bicyclic) bond motifs is 1. The van der Waals surface area contributed by atoms with E-state index in [0.717, 1.165) is 29.8 Å². The predicted molar refractivity (Wildman–Crippen MR) is 123 cm³/mol. The molecule has 1 amide bonds.